The first-order valence-corrected chi connectivity index (χ1v) is 13.0. The van der Waals surface area contributed by atoms with Crippen LogP contribution in [0.5, 0.6) is 11.5 Å². The Morgan fingerprint density at radius 1 is 0.812 bits per heavy atom. The highest BCUT2D eigenvalue weighted by Gasteiger charge is 2.30. The Morgan fingerprint density at radius 3 is 2.00 bits per heavy atom. The van der Waals surface area contributed by atoms with Crippen molar-refractivity contribution in [3.05, 3.63) is 35.9 Å². The van der Waals surface area contributed by atoms with Crippen LogP contribution in [0.2, 0.25) is 0 Å². The second-order valence-electron chi connectivity index (χ2n) is 9.81. The molecule has 1 aromatic rings. The van der Waals surface area contributed by atoms with E-state index in [1.54, 1.807) is 6.92 Å². The summed E-state index contributed by atoms with van der Waals surface area (Å²) in [5.41, 5.74) is 0. The van der Waals surface area contributed by atoms with Gasteiger partial charge in [-0.05, 0) is 81.3 Å². The van der Waals surface area contributed by atoms with Crippen molar-refractivity contribution in [3.63, 3.8) is 0 Å². The number of hydrogen-bond donors (Lipinski definition) is 0. The summed E-state index contributed by atoms with van der Waals surface area (Å²) in [6.07, 6.45) is 20.7. The minimum absolute atomic E-state index is 0.0652. The summed E-state index contributed by atoms with van der Waals surface area (Å²) in [6, 6.07) is 2.85. The topological polar surface area (TPSA) is 18.5 Å². The molecule has 0 unspecified atom stereocenters. The molecule has 2 fully saturated rings. The van der Waals surface area contributed by atoms with Crippen molar-refractivity contribution in [1.29, 1.82) is 0 Å². The molecule has 0 aromatic heterocycles. The maximum Gasteiger partial charge on any atom is 0.204 e. The van der Waals surface area contributed by atoms with Crippen molar-refractivity contribution in [2.45, 2.75) is 90.9 Å². The van der Waals surface area contributed by atoms with Crippen molar-refractivity contribution in [1.82, 2.24) is 0 Å². The van der Waals surface area contributed by atoms with E-state index in [2.05, 4.69) is 13.0 Å². The highest BCUT2D eigenvalue weighted by molar-refractivity contribution is 5.35. The molecule has 1 aromatic carbocycles. The lowest BCUT2D eigenvalue weighted by molar-refractivity contribution is 0.151. The van der Waals surface area contributed by atoms with Crippen LogP contribution in [-0.2, 0) is 0 Å². The zero-order valence-electron chi connectivity index (χ0n) is 20.1. The molecule has 2 nitrogen and oxygen atoms in total. The van der Waals surface area contributed by atoms with Gasteiger partial charge in [0.1, 0.15) is 6.61 Å². The smallest absolute Gasteiger partial charge is 0.204 e. The van der Waals surface area contributed by atoms with Gasteiger partial charge in [-0.25, -0.2) is 0 Å². The molecule has 0 spiro atoms. The molecule has 0 saturated heterocycles. The standard InChI is InChI=1S/C28H42F2O2/c1-3-5-6-8-21-10-14-23(15-11-21)24-16-12-22(13-17-24)9-7-20-32-26-19-18-25(31-4-2)27(29)28(26)30/h7,9,18-19,21-24H,3-6,8,10-17,20H2,1-2H3/b9-7+. The van der Waals surface area contributed by atoms with Crippen LogP contribution in [0.4, 0.5) is 8.78 Å². The van der Waals surface area contributed by atoms with Gasteiger partial charge < -0.3 is 9.47 Å². The van der Waals surface area contributed by atoms with E-state index in [4.69, 9.17) is 9.47 Å². The van der Waals surface area contributed by atoms with Crippen molar-refractivity contribution in [3.8, 4) is 11.5 Å². The molecule has 2 aliphatic carbocycles. The van der Waals surface area contributed by atoms with Crippen molar-refractivity contribution in [2.75, 3.05) is 13.2 Å². The first-order chi connectivity index (χ1) is 15.6. The molecule has 2 aliphatic rings. The van der Waals surface area contributed by atoms with Gasteiger partial charge >= 0.3 is 0 Å². The van der Waals surface area contributed by atoms with Gasteiger partial charge in [0.25, 0.3) is 0 Å². The average molecular weight is 449 g/mol. The number of benzene rings is 1. The zero-order valence-corrected chi connectivity index (χ0v) is 20.1. The van der Waals surface area contributed by atoms with Gasteiger partial charge in [-0.3, -0.25) is 0 Å². The summed E-state index contributed by atoms with van der Waals surface area (Å²) in [4.78, 5) is 0. The largest absolute Gasteiger partial charge is 0.491 e. The number of hydrogen-bond acceptors (Lipinski definition) is 2. The molecule has 2 saturated carbocycles. The Morgan fingerprint density at radius 2 is 1.41 bits per heavy atom. The van der Waals surface area contributed by atoms with E-state index >= 15 is 0 Å². The second kappa shape index (κ2) is 13.2. The lowest BCUT2D eigenvalue weighted by Gasteiger charge is -2.37. The molecule has 3 rings (SSSR count). The summed E-state index contributed by atoms with van der Waals surface area (Å²) in [5, 5.41) is 0. The van der Waals surface area contributed by atoms with Crippen LogP contribution < -0.4 is 9.47 Å². The molecule has 0 aliphatic heterocycles. The van der Waals surface area contributed by atoms with E-state index < -0.39 is 11.6 Å². The predicted octanol–water partition coefficient (Wildman–Crippen LogP) is 8.49. The SMILES string of the molecule is CCCCCC1CCC(C2CCC(/C=C/COc3ccc(OCC)c(F)c3F)CC2)CC1. The monoisotopic (exact) mass is 448 g/mol. The Balaban J connectivity index is 1.34. The first kappa shape index (κ1) is 25.1. The van der Waals surface area contributed by atoms with Crippen LogP contribution in [0.25, 0.3) is 0 Å². The number of allylic oxidation sites excluding steroid dienone is 1. The minimum atomic E-state index is -0.985. The maximum absolute atomic E-state index is 14.1. The second-order valence-corrected chi connectivity index (χ2v) is 9.81. The minimum Gasteiger partial charge on any atom is -0.491 e. The average Bonchev–Trinajstić information content (AvgIpc) is 2.82. The molecule has 0 N–H and O–H groups in total. The molecule has 0 heterocycles. The van der Waals surface area contributed by atoms with Crippen LogP contribution >= 0.6 is 0 Å². The number of rotatable bonds is 11. The molecule has 0 bridgehead atoms. The normalized spacial score (nSPS) is 26.4. The third kappa shape index (κ3) is 7.22. The summed E-state index contributed by atoms with van der Waals surface area (Å²) in [5.74, 6) is 1.33. The van der Waals surface area contributed by atoms with Gasteiger partial charge in [-0.1, -0.05) is 57.6 Å². The molecule has 4 heteroatoms. The van der Waals surface area contributed by atoms with Crippen molar-refractivity contribution >= 4 is 0 Å². The van der Waals surface area contributed by atoms with E-state index in [-0.39, 0.29) is 18.1 Å². The van der Waals surface area contributed by atoms with Gasteiger partial charge in [0.2, 0.25) is 11.6 Å². The van der Waals surface area contributed by atoms with Crippen LogP contribution in [0, 0.1) is 35.3 Å². The Bertz CT molecular complexity index is 702. The van der Waals surface area contributed by atoms with Crippen LogP contribution in [-0.4, -0.2) is 13.2 Å². The third-order valence-electron chi connectivity index (χ3n) is 7.65. The van der Waals surface area contributed by atoms with E-state index in [0.29, 0.717) is 12.5 Å². The molecular formula is C28H42F2O2. The Hall–Kier alpha value is -1.58. The van der Waals surface area contributed by atoms with Crippen LogP contribution in [0.1, 0.15) is 90.9 Å². The fraction of sp³-hybridized carbons (Fsp3) is 0.714. The Kier molecular flexibility index (Phi) is 10.3. The summed E-state index contributed by atoms with van der Waals surface area (Å²) in [6.45, 7) is 4.58. The van der Waals surface area contributed by atoms with Gasteiger partial charge in [-0.15, -0.1) is 0 Å². The summed E-state index contributed by atoms with van der Waals surface area (Å²) >= 11 is 0. The van der Waals surface area contributed by atoms with E-state index in [9.17, 15) is 8.78 Å². The highest BCUT2D eigenvalue weighted by atomic mass is 19.2. The van der Waals surface area contributed by atoms with Gasteiger partial charge in [0.05, 0.1) is 6.61 Å². The van der Waals surface area contributed by atoms with Gasteiger partial charge in [0, 0.05) is 0 Å². The molecule has 0 radical (unpaired) electrons. The first-order valence-electron chi connectivity index (χ1n) is 13.0. The fourth-order valence-electron chi connectivity index (χ4n) is 5.72. The highest BCUT2D eigenvalue weighted by Crippen LogP contribution is 2.42. The van der Waals surface area contributed by atoms with Crippen LogP contribution in [0.15, 0.2) is 24.3 Å². The number of halogens is 2. The van der Waals surface area contributed by atoms with Gasteiger partial charge in [-0.2, -0.15) is 8.78 Å². The number of ether oxygens (including phenoxy) is 2. The van der Waals surface area contributed by atoms with E-state index in [0.717, 1.165) is 17.8 Å². The quantitative estimate of drug-likeness (QED) is 0.249. The van der Waals surface area contributed by atoms with E-state index in [1.165, 1.54) is 89.2 Å². The third-order valence-corrected chi connectivity index (χ3v) is 7.65. The fourth-order valence-corrected chi connectivity index (χ4v) is 5.72. The summed E-state index contributed by atoms with van der Waals surface area (Å²) < 4.78 is 38.5. The lowest BCUT2D eigenvalue weighted by Crippen LogP contribution is -2.25. The van der Waals surface area contributed by atoms with Crippen molar-refractivity contribution < 1.29 is 18.3 Å². The van der Waals surface area contributed by atoms with Crippen LogP contribution in [0.3, 0.4) is 0 Å². The van der Waals surface area contributed by atoms with E-state index in [1.807, 2.05) is 6.08 Å². The maximum atomic E-state index is 14.1. The van der Waals surface area contributed by atoms with Crippen molar-refractivity contribution in [2.24, 2.45) is 23.7 Å². The molecular weight excluding hydrogens is 406 g/mol. The molecule has 0 atom stereocenters. The molecule has 0 amide bonds. The molecule has 32 heavy (non-hydrogen) atoms. The zero-order chi connectivity index (χ0) is 22.8. The Labute approximate surface area is 193 Å². The molecule has 180 valence electrons. The lowest BCUT2D eigenvalue weighted by atomic mass is 9.68. The predicted molar refractivity (Wildman–Crippen MR) is 127 cm³/mol. The van der Waals surface area contributed by atoms with Gasteiger partial charge in [0.15, 0.2) is 11.5 Å². The number of unbranched alkanes of at least 4 members (excludes halogenated alkanes) is 2. The summed E-state index contributed by atoms with van der Waals surface area (Å²) in [7, 11) is 0.